The predicted octanol–water partition coefficient (Wildman–Crippen LogP) is 2.34. The number of allylic oxidation sites excluding steroid dienone is 2. The lowest BCUT2D eigenvalue weighted by Crippen LogP contribution is -2.50. The van der Waals surface area contributed by atoms with Gasteiger partial charge in [-0.3, -0.25) is 0 Å². The molecule has 0 radical (unpaired) electrons. The highest BCUT2D eigenvalue weighted by Crippen LogP contribution is 2.37. The van der Waals surface area contributed by atoms with Gasteiger partial charge in [-0.1, -0.05) is 19.9 Å². The van der Waals surface area contributed by atoms with Gasteiger partial charge in [0.25, 0.3) is 0 Å². The Morgan fingerprint density at radius 3 is 2.64 bits per heavy atom. The minimum Gasteiger partial charge on any atom is -0.468 e. The van der Waals surface area contributed by atoms with Gasteiger partial charge in [-0.15, -0.1) is 0 Å². The van der Waals surface area contributed by atoms with E-state index in [0.717, 1.165) is 11.1 Å². The Balaban J connectivity index is 2.15. The summed E-state index contributed by atoms with van der Waals surface area (Å²) in [6.45, 7) is 10.2. The highest BCUT2D eigenvalue weighted by atomic mass is 16.8. The second kappa shape index (κ2) is 7.13. The first-order valence-electron chi connectivity index (χ1n) is 8.00. The van der Waals surface area contributed by atoms with Crippen LogP contribution in [0.1, 0.15) is 41.0 Å². The third-order valence-electron chi connectivity index (χ3n) is 4.37. The predicted molar refractivity (Wildman–Crippen MR) is 82.8 cm³/mol. The van der Waals surface area contributed by atoms with E-state index in [0.29, 0.717) is 12.3 Å². The van der Waals surface area contributed by atoms with Crippen LogP contribution in [0.15, 0.2) is 23.5 Å². The maximum absolute atomic E-state index is 10.1. The van der Waals surface area contributed by atoms with Gasteiger partial charge in [-0.05, 0) is 32.3 Å². The normalized spacial score (nSPS) is 41.5. The van der Waals surface area contributed by atoms with Crippen molar-refractivity contribution in [2.45, 2.75) is 71.9 Å². The Morgan fingerprint density at radius 1 is 1.36 bits per heavy atom. The summed E-state index contributed by atoms with van der Waals surface area (Å²) in [6.07, 6.45) is 0.553. The van der Waals surface area contributed by atoms with Crippen LogP contribution < -0.4 is 0 Å². The Morgan fingerprint density at radius 2 is 2.05 bits per heavy atom. The van der Waals surface area contributed by atoms with Crippen LogP contribution in [0.2, 0.25) is 0 Å². The largest absolute Gasteiger partial charge is 0.468 e. The minimum absolute atomic E-state index is 0.167. The van der Waals surface area contributed by atoms with Gasteiger partial charge in [-0.2, -0.15) is 0 Å². The van der Waals surface area contributed by atoms with Crippen LogP contribution in [-0.4, -0.2) is 41.1 Å². The number of rotatable bonds is 3. The van der Waals surface area contributed by atoms with Crippen LogP contribution in [-0.2, 0) is 14.2 Å². The van der Waals surface area contributed by atoms with Crippen molar-refractivity contribution in [1.82, 2.24) is 0 Å². The van der Waals surface area contributed by atoms with Crippen molar-refractivity contribution in [2.24, 2.45) is 11.8 Å². The lowest BCUT2D eigenvalue weighted by Gasteiger charge is -2.40. The molecule has 2 rings (SSSR count). The Hall–Kier alpha value is -0.880. The van der Waals surface area contributed by atoms with Crippen LogP contribution in [0, 0.1) is 11.8 Å². The fourth-order valence-electron chi connectivity index (χ4n) is 3.33. The molecule has 0 spiro atoms. The van der Waals surface area contributed by atoms with E-state index in [1.165, 1.54) is 0 Å². The molecule has 2 aliphatic heterocycles. The average molecular weight is 312 g/mol. The Labute approximate surface area is 132 Å². The summed E-state index contributed by atoms with van der Waals surface area (Å²) in [5.41, 5.74) is 2.18. The van der Waals surface area contributed by atoms with E-state index in [1.54, 1.807) is 6.26 Å². The molecule has 22 heavy (non-hydrogen) atoms. The molecule has 1 saturated heterocycles. The van der Waals surface area contributed by atoms with E-state index in [4.69, 9.17) is 14.2 Å². The van der Waals surface area contributed by atoms with E-state index in [-0.39, 0.29) is 12.0 Å². The van der Waals surface area contributed by atoms with Crippen molar-refractivity contribution in [3.63, 3.8) is 0 Å². The molecule has 2 heterocycles. The summed E-state index contributed by atoms with van der Waals surface area (Å²) in [5.74, 6) is 0.658. The lowest BCUT2D eigenvalue weighted by molar-refractivity contribution is -0.300. The van der Waals surface area contributed by atoms with Gasteiger partial charge in [0.2, 0.25) is 6.29 Å². The molecule has 1 unspecified atom stereocenters. The molecule has 126 valence electrons. The van der Waals surface area contributed by atoms with Crippen LogP contribution in [0.3, 0.4) is 0 Å². The first-order valence-corrected chi connectivity index (χ1v) is 8.00. The molecule has 6 atom stereocenters. The topological polar surface area (TPSA) is 68.2 Å². The van der Waals surface area contributed by atoms with Gasteiger partial charge in [0.1, 0.15) is 6.10 Å². The zero-order valence-corrected chi connectivity index (χ0v) is 14.0. The molecule has 0 aliphatic carbocycles. The molecule has 0 aromatic carbocycles. The SMILES string of the molecule is C/C=C1\C(C(C)C)C(C)=CO[C@H]1O[C@@H]1O[C@H](C)C[C@H](O)[C@H]1O. The minimum atomic E-state index is -1.07. The first kappa shape index (κ1) is 17.5. The fraction of sp³-hybridized carbons (Fsp3) is 0.765. The maximum Gasteiger partial charge on any atom is 0.224 e. The Bertz CT molecular complexity index is 442. The van der Waals surface area contributed by atoms with E-state index in [1.807, 2.05) is 26.8 Å². The van der Waals surface area contributed by atoms with Crippen molar-refractivity contribution in [2.75, 3.05) is 0 Å². The molecule has 0 aromatic rings. The molecular formula is C17H28O5. The van der Waals surface area contributed by atoms with Crippen molar-refractivity contribution >= 4 is 0 Å². The highest BCUT2D eigenvalue weighted by molar-refractivity contribution is 5.24. The zero-order chi connectivity index (χ0) is 16.4. The molecule has 0 saturated carbocycles. The van der Waals surface area contributed by atoms with E-state index < -0.39 is 24.8 Å². The third-order valence-corrected chi connectivity index (χ3v) is 4.37. The molecule has 1 fully saturated rings. The van der Waals surface area contributed by atoms with Crippen LogP contribution in [0.25, 0.3) is 0 Å². The zero-order valence-electron chi connectivity index (χ0n) is 14.0. The second-order valence-corrected chi connectivity index (χ2v) is 6.59. The van der Waals surface area contributed by atoms with E-state index in [2.05, 4.69) is 13.8 Å². The van der Waals surface area contributed by atoms with Crippen molar-refractivity contribution in [3.05, 3.63) is 23.5 Å². The molecule has 0 aromatic heterocycles. The van der Waals surface area contributed by atoms with E-state index in [9.17, 15) is 10.2 Å². The second-order valence-electron chi connectivity index (χ2n) is 6.59. The van der Waals surface area contributed by atoms with Crippen molar-refractivity contribution < 1.29 is 24.4 Å². The Kier molecular flexibility index (Phi) is 5.66. The molecule has 2 N–H and O–H groups in total. The van der Waals surface area contributed by atoms with Crippen LogP contribution in [0.4, 0.5) is 0 Å². The van der Waals surface area contributed by atoms with Gasteiger partial charge in [-0.25, -0.2) is 0 Å². The van der Waals surface area contributed by atoms with Gasteiger partial charge in [0, 0.05) is 17.9 Å². The maximum atomic E-state index is 10.1. The van der Waals surface area contributed by atoms with Crippen LogP contribution >= 0.6 is 0 Å². The lowest BCUT2D eigenvalue weighted by atomic mass is 9.81. The number of hydrogen-bond acceptors (Lipinski definition) is 5. The standard InChI is InChI=1S/C17H28O5/c1-6-12-14(9(2)3)10(4)8-20-16(12)22-17-15(19)13(18)7-11(5)21-17/h6,8-9,11,13-19H,7H2,1-5H3/b12-6+/t11-,13+,14?,15-,16+,17+/m1/s1. The summed E-state index contributed by atoms with van der Waals surface area (Å²) in [6, 6.07) is 0. The molecular weight excluding hydrogens is 284 g/mol. The molecule has 2 aliphatic rings. The summed E-state index contributed by atoms with van der Waals surface area (Å²) in [7, 11) is 0. The third kappa shape index (κ3) is 3.54. The fourth-order valence-corrected chi connectivity index (χ4v) is 3.33. The molecule has 0 bridgehead atoms. The summed E-state index contributed by atoms with van der Waals surface area (Å²) >= 11 is 0. The van der Waals surface area contributed by atoms with E-state index >= 15 is 0 Å². The summed E-state index contributed by atoms with van der Waals surface area (Å²) in [4.78, 5) is 0. The smallest absolute Gasteiger partial charge is 0.224 e. The number of aliphatic hydroxyl groups is 2. The van der Waals surface area contributed by atoms with Gasteiger partial charge in [0.05, 0.1) is 18.5 Å². The number of ether oxygens (including phenoxy) is 3. The summed E-state index contributed by atoms with van der Waals surface area (Å²) in [5, 5.41) is 20.0. The molecule has 5 nitrogen and oxygen atoms in total. The quantitative estimate of drug-likeness (QED) is 0.783. The monoisotopic (exact) mass is 312 g/mol. The van der Waals surface area contributed by atoms with Crippen LogP contribution in [0.5, 0.6) is 0 Å². The average Bonchev–Trinajstić information content (AvgIpc) is 2.45. The molecule has 0 amide bonds. The van der Waals surface area contributed by atoms with Gasteiger partial charge >= 0.3 is 0 Å². The van der Waals surface area contributed by atoms with Crippen molar-refractivity contribution in [3.8, 4) is 0 Å². The molecule has 5 heteroatoms. The number of aliphatic hydroxyl groups excluding tert-OH is 2. The van der Waals surface area contributed by atoms with Gasteiger partial charge in [0.15, 0.2) is 6.29 Å². The summed E-state index contributed by atoms with van der Waals surface area (Å²) < 4.78 is 17.1. The highest BCUT2D eigenvalue weighted by Gasteiger charge is 2.40. The first-order chi connectivity index (χ1) is 10.3. The number of hydrogen-bond donors (Lipinski definition) is 2. The van der Waals surface area contributed by atoms with Crippen molar-refractivity contribution in [1.29, 1.82) is 0 Å². The van der Waals surface area contributed by atoms with Gasteiger partial charge < -0.3 is 24.4 Å².